The van der Waals surface area contributed by atoms with Gasteiger partial charge in [0.15, 0.2) is 0 Å². The summed E-state index contributed by atoms with van der Waals surface area (Å²) in [6.07, 6.45) is 3.15. The van der Waals surface area contributed by atoms with Gasteiger partial charge in [0.25, 0.3) is 11.8 Å². The van der Waals surface area contributed by atoms with Gasteiger partial charge >= 0.3 is 0 Å². The molecule has 1 aliphatic heterocycles. The second-order valence-electron chi connectivity index (χ2n) is 11.6. The number of aliphatic hydroxyl groups is 1. The van der Waals surface area contributed by atoms with E-state index in [0.717, 1.165) is 18.4 Å². The number of amides is 2. The zero-order valence-corrected chi connectivity index (χ0v) is 24.7. The van der Waals surface area contributed by atoms with Gasteiger partial charge in [0.05, 0.1) is 40.2 Å². The largest absolute Gasteiger partial charge is 0.392 e. The fourth-order valence-corrected chi connectivity index (χ4v) is 5.55. The molecule has 1 aliphatic rings. The highest BCUT2D eigenvalue weighted by molar-refractivity contribution is 6.34. The molecule has 0 unspecified atom stereocenters. The fourth-order valence-electron chi connectivity index (χ4n) is 5.36. The highest BCUT2D eigenvalue weighted by Crippen LogP contribution is 2.32. The molecule has 0 bridgehead atoms. The summed E-state index contributed by atoms with van der Waals surface area (Å²) in [7, 11) is 0. The highest BCUT2D eigenvalue weighted by atomic mass is 35.5. The molecule has 5 rings (SSSR count). The van der Waals surface area contributed by atoms with E-state index in [0.29, 0.717) is 52.1 Å². The van der Waals surface area contributed by atoms with E-state index >= 15 is 0 Å². The predicted molar refractivity (Wildman–Crippen MR) is 162 cm³/mol. The monoisotopic (exact) mass is 588 g/mol. The Labute approximate surface area is 249 Å². The van der Waals surface area contributed by atoms with Crippen molar-refractivity contribution in [1.29, 1.82) is 0 Å². The maximum Gasteiger partial charge on any atom is 0.259 e. The molecule has 0 atom stereocenters. The zero-order valence-electron chi connectivity index (χ0n) is 23.9. The third-order valence-corrected chi connectivity index (χ3v) is 7.97. The van der Waals surface area contributed by atoms with Crippen molar-refractivity contribution < 1.29 is 19.1 Å². The number of benzene rings is 3. The quantitative estimate of drug-likeness (QED) is 0.257. The van der Waals surface area contributed by atoms with Crippen molar-refractivity contribution in [2.24, 2.45) is 0 Å². The minimum absolute atomic E-state index is 0.0173. The molecule has 0 spiro atoms. The van der Waals surface area contributed by atoms with Gasteiger partial charge in [0.2, 0.25) is 0 Å². The van der Waals surface area contributed by atoms with Gasteiger partial charge < -0.3 is 15.3 Å². The first-order valence-corrected chi connectivity index (χ1v) is 14.4. The Balaban J connectivity index is 1.33. The summed E-state index contributed by atoms with van der Waals surface area (Å²) in [6.45, 7) is 7.12. The molecule has 1 saturated heterocycles. The van der Waals surface area contributed by atoms with Crippen LogP contribution in [0.2, 0.25) is 5.02 Å². The van der Waals surface area contributed by atoms with Crippen LogP contribution < -0.4 is 5.32 Å². The Hall–Kier alpha value is -4.01. The van der Waals surface area contributed by atoms with Crippen LogP contribution in [0.3, 0.4) is 0 Å². The lowest BCUT2D eigenvalue weighted by Crippen LogP contribution is -2.38. The van der Waals surface area contributed by atoms with Crippen LogP contribution in [0.15, 0.2) is 72.9 Å². The van der Waals surface area contributed by atoms with Gasteiger partial charge in [-0.3, -0.25) is 14.3 Å². The van der Waals surface area contributed by atoms with Crippen LogP contribution in [0.4, 0.5) is 10.1 Å². The van der Waals surface area contributed by atoms with E-state index in [-0.39, 0.29) is 18.3 Å². The van der Waals surface area contributed by atoms with Crippen molar-refractivity contribution >= 4 is 29.1 Å². The molecule has 1 aromatic heterocycles. The number of hydrogen-bond acceptors (Lipinski definition) is 4. The molecule has 42 heavy (non-hydrogen) atoms. The fraction of sp³-hybridized carbons (Fsp3) is 0.303. The first-order chi connectivity index (χ1) is 20.0. The number of halogens is 2. The molecule has 9 heteroatoms. The summed E-state index contributed by atoms with van der Waals surface area (Å²) in [5.41, 5.74) is 3.96. The molecule has 2 N–H and O–H groups in total. The first kappa shape index (κ1) is 29.5. The maximum atomic E-state index is 13.7. The van der Waals surface area contributed by atoms with E-state index in [1.165, 1.54) is 23.9 Å². The average molecular weight is 589 g/mol. The Morgan fingerprint density at radius 2 is 1.67 bits per heavy atom. The molecular weight excluding hydrogens is 555 g/mol. The number of piperidine rings is 1. The second-order valence-corrected chi connectivity index (χ2v) is 12.0. The molecule has 0 aliphatic carbocycles. The molecule has 4 aromatic rings. The SMILES string of the molecule is CC(C)(C)n1ncc(C(=O)Nc2ccc(Cl)c(C(=O)N3CCC(c4ccc(CO)cc4)CC3)c2)c1-c1ccc(F)cc1. The number of anilines is 1. The minimum atomic E-state index is -0.432. The van der Waals surface area contributed by atoms with Gasteiger partial charge in [0.1, 0.15) is 5.82 Å². The van der Waals surface area contributed by atoms with Gasteiger partial charge in [-0.2, -0.15) is 5.10 Å². The molecule has 0 saturated carbocycles. The molecule has 1 fully saturated rings. The van der Waals surface area contributed by atoms with Gasteiger partial charge in [-0.25, -0.2) is 4.39 Å². The number of aromatic nitrogens is 2. The van der Waals surface area contributed by atoms with E-state index in [4.69, 9.17) is 11.6 Å². The molecule has 0 radical (unpaired) electrons. The van der Waals surface area contributed by atoms with E-state index in [1.807, 2.05) is 45.0 Å². The number of rotatable bonds is 6. The Bertz CT molecular complexity index is 1590. The number of likely N-dealkylation sites (tertiary alicyclic amines) is 1. The molecule has 7 nitrogen and oxygen atoms in total. The lowest BCUT2D eigenvalue weighted by Gasteiger charge is -2.32. The van der Waals surface area contributed by atoms with Gasteiger partial charge in [-0.1, -0.05) is 35.9 Å². The standard InChI is InChI=1S/C33H34ClFN4O3/c1-33(2,3)39-30(24-8-10-25(35)11-9-24)28(19-36-39)31(41)37-26-12-13-29(34)27(18-26)32(42)38-16-14-23(15-17-38)22-6-4-21(20-40)5-7-22/h4-13,18-19,23,40H,14-17,20H2,1-3H3,(H,37,41). The van der Waals surface area contributed by atoms with Crippen LogP contribution in [0.5, 0.6) is 0 Å². The third-order valence-electron chi connectivity index (χ3n) is 7.64. The Kier molecular flexibility index (Phi) is 8.48. The van der Waals surface area contributed by atoms with Crippen LogP contribution in [-0.2, 0) is 12.1 Å². The number of aliphatic hydroxyl groups excluding tert-OH is 1. The Morgan fingerprint density at radius 1 is 1.00 bits per heavy atom. The second kappa shape index (κ2) is 12.1. The van der Waals surface area contributed by atoms with Gasteiger partial charge in [-0.15, -0.1) is 0 Å². The summed E-state index contributed by atoms with van der Waals surface area (Å²) in [6, 6.07) is 18.8. The molecule has 2 amide bonds. The lowest BCUT2D eigenvalue weighted by molar-refractivity contribution is 0.0713. The summed E-state index contributed by atoms with van der Waals surface area (Å²) in [4.78, 5) is 28.8. The van der Waals surface area contributed by atoms with Gasteiger partial charge in [0, 0.05) is 24.3 Å². The van der Waals surface area contributed by atoms with E-state index in [2.05, 4.69) is 10.4 Å². The average Bonchev–Trinajstić information content (AvgIpc) is 3.45. The normalized spacial score (nSPS) is 14.2. The highest BCUT2D eigenvalue weighted by Gasteiger charge is 2.28. The number of nitrogens with zero attached hydrogens (tertiary/aromatic N) is 3. The molecule has 3 aromatic carbocycles. The number of nitrogens with one attached hydrogen (secondary N) is 1. The first-order valence-electron chi connectivity index (χ1n) is 14.0. The summed E-state index contributed by atoms with van der Waals surface area (Å²) in [5, 5.41) is 17.0. The third kappa shape index (κ3) is 6.25. The maximum absolute atomic E-state index is 13.7. The molecule has 218 valence electrons. The van der Waals surface area contributed by atoms with Crippen LogP contribution in [0.25, 0.3) is 11.3 Å². The zero-order chi connectivity index (χ0) is 30.0. The Morgan fingerprint density at radius 3 is 2.29 bits per heavy atom. The smallest absolute Gasteiger partial charge is 0.259 e. The van der Waals surface area contributed by atoms with Crippen molar-refractivity contribution in [1.82, 2.24) is 14.7 Å². The lowest BCUT2D eigenvalue weighted by atomic mass is 9.89. The van der Waals surface area contributed by atoms with Gasteiger partial charge in [-0.05, 0) is 93.1 Å². The van der Waals surface area contributed by atoms with Crippen molar-refractivity contribution in [3.63, 3.8) is 0 Å². The summed E-state index contributed by atoms with van der Waals surface area (Å²) >= 11 is 6.46. The van der Waals surface area contributed by atoms with Crippen LogP contribution in [0, 0.1) is 5.82 Å². The number of carbonyl (C=O) groups excluding carboxylic acids is 2. The van der Waals surface area contributed by atoms with Crippen molar-refractivity contribution in [3.8, 4) is 11.3 Å². The number of hydrogen-bond donors (Lipinski definition) is 2. The predicted octanol–water partition coefficient (Wildman–Crippen LogP) is 6.86. The van der Waals surface area contributed by atoms with Crippen LogP contribution in [0.1, 0.15) is 71.4 Å². The number of carbonyl (C=O) groups is 2. The summed E-state index contributed by atoms with van der Waals surface area (Å²) in [5.74, 6) is -0.616. The molecule has 2 heterocycles. The van der Waals surface area contributed by atoms with Crippen molar-refractivity contribution in [2.45, 2.75) is 51.7 Å². The van der Waals surface area contributed by atoms with Crippen LogP contribution in [-0.4, -0.2) is 44.7 Å². The van der Waals surface area contributed by atoms with E-state index in [9.17, 15) is 19.1 Å². The van der Waals surface area contributed by atoms with E-state index < -0.39 is 11.4 Å². The topological polar surface area (TPSA) is 87.5 Å². The van der Waals surface area contributed by atoms with Crippen LogP contribution >= 0.6 is 11.6 Å². The van der Waals surface area contributed by atoms with E-state index in [1.54, 1.807) is 39.9 Å². The summed E-state index contributed by atoms with van der Waals surface area (Å²) < 4.78 is 15.4. The van der Waals surface area contributed by atoms with Crippen molar-refractivity contribution in [3.05, 3.63) is 106 Å². The molecular formula is C33H34ClFN4O3. The van der Waals surface area contributed by atoms with Crippen molar-refractivity contribution in [2.75, 3.05) is 18.4 Å². The minimum Gasteiger partial charge on any atom is -0.392 e.